The highest BCUT2D eigenvalue weighted by Gasteiger charge is 2.32. The number of carboxylic acids is 1. The van der Waals surface area contributed by atoms with Gasteiger partial charge in [-0.3, -0.25) is 14.3 Å². The first-order valence-corrected chi connectivity index (χ1v) is 15.6. The van der Waals surface area contributed by atoms with Crippen LogP contribution < -0.4 is 10.1 Å². The van der Waals surface area contributed by atoms with Crippen LogP contribution in [-0.4, -0.2) is 56.8 Å². The zero-order chi connectivity index (χ0) is 32.6. The van der Waals surface area contributed by atoms with E-state index in [1.807, 2.05) is 37.8 Å². The highest BCUT2D eigenvalue weighted by Crippen LogP contribution is 2.43. The summed E-state index contributed by atoms with van der Waals surface area (Å²) in [6, 6.07) is 17.9. The average molecular weight is 625 g/mol. The molecular formula is C36H37FN4O5. The van der Waals surface area contributed by atoms with Gasteiger partial charge in [-0.1, -0.05) is 6.07 Å². The number of benzene rings is 3. The zero-order valence-electron chi connectivity index (χ0n) is 26.1. The Balaban J connectivity index is 1.18. The Bertz CT molecular complexity index is 1760. The molecule has 1 aliphatic carbocycles. The molecule has 6 rings (SSSR count). The molecular weight excluding hydrogens is 587 g/mol. The molecule has 0 unspecified atom stereocenters. The fourth-order valence-corrected chi connectivity index (χ4v) is 5.89. The molecule has 46 heavy (non-hydrogen) atoms. The highest BCUT2D eigenvalue weighted by molar-refractivity contribution is 6.09. The number of hydrogen-bond acceptors (Lipinski definition) is 5. The van der Waals surface area contributed by atoms with Crippen LogP contribution in [0.4, 0.5) is 10.1 Å². The van der Waals surface area contributed by atoms with Crippen molar-refractivity contribution >= 4 is 23.5 Å². The number of rotatable bonds is 8. The molecule has 2 heterocycles. The molecule has 9 nitrogen and oxygen atoms in total. The molecule has 10 heteroatoms. The van der Waals surface area contributed by atoms with Crippen molar-refractivity contribution in [3.05, 3.63) is 101 Å². The van der Waals surface area contributed by atoms with E-state index in [9.17, 15) is 18.8 Å². The van der Waals surface area contributed by atoms with Gasteiger partial charge >= 0.3 is 5.97 Å². The second-order valence-corrected chi connectivity index (χ2v) is 13.0. The number of aromatic nitrogens is 2. The minimum absolute atomic E-state index is 0.0742. The minimum Gasteiger partial charge on any atom is -0.490 e. The molecule has 2 aliphatic rings. The molecule has 1 aromatic heterocycles. The lowest BCUT2D eigenvalue weighted by atomic mass is 9.99. The smallest absolute Gasteiger partial charge is 0.335 e. The van der Waals surface area contributed by atoms with Crippen molar-refractivity contribution in [3.63, 3.8) is 0 Å². The molecule has 0 radical (unpaired) electrons. The number of carbonyl (C=O) groups excluding carboxylic acids is 2. The molecule has 1 aliphatic heterocycles. The van der Waals surface area contributed by atoms with Crippen LogP contribution in [0, 0.1) is 5.82 Å². The van der Waals surface area contributed by atoms with Gasteiger partial charge in [0.2, 0.25) is 0 Å². The second kappa shape index (κ2) is 12.4. The van der Waals surface area contributed by atoms with Gasteiger partial charge in [-0.05, 0) is 106 Å². The number of nitrogens with one attached hydrogen (secondary N) is 1. The molecule has 0 bridgehead atoms. The number of nitrogens with zero attached hydrogens (tertiary/aromatic N) is 3. The first kappa shape index (κ1) is 31.0. The van der Waals surface area contributed by atoms with E-state index in [0.29, 0.717) is 65.7 Å². The molecule has 2 fully saturated rings. The van der Waals surface area contributed by atoms with Crippen LogP contribution in [0.25, 0.3) is 11.3 Å². The van der Waals surface area contributed by atoms with Gasteiger partial charge in [-0.15, -0.1) is 0 Å². The van der Waals surface area contributed by atoms with Crippen LogP contribution in [0.2, 0.25) is 0 Å². The monoisotopic (exact) mass is 624 g/mol. The summed E-state index contributed by atoms with van der Waals surface area (Å²) in [4.78, 5) is 40.5. The van der Waals surface area contributed by atoms with Crippen molar-refractivity contribution in [1.29, 1.82) is 0 Å². The van der Waals surface area contributed by atoms with Crippen LogP contribution in [0.3, 0.4) is 0 Å². The lowest BCUT2D eigenvalue weighted by molar-refractivity contribution is 0.0594. The molecule has 238 valence electrons. The fourth-order valence-electron chi connectivity index (χ4n) is 5.89. The maximum atomic E-state index is 13.9. The quantitative estimate of drug-likeness (QED) is 0.219. The minimum atomic E-state index is -0.987. The summed E-state index contributed by atoms with van der Waals surface area (Å²) >= 11 is 0. The van der Waals surface area contributed by atoms with Gasteiger partial charge in [0, 0.05) is 42.7 Å². The molecule has 4 aromatic rings. The summed E-state index contributed by atoms with van der Waals surface area (Å²) in [6.45, 7) is 6.98. The SMILES string of the molecule is CC(C)(C)n1ncc(C(=O)Nc2ccc(C3CC3)c(C(=O)N3CCC(Oc4ccc(C(=O)O)cc4)CC3)c2)c1-c1ccc(F)cc1. The van der Waals surface area contributed by atoms with Crippen molar-refractivity contribution in [2.75, 3.05) is 18.4 Å². The topological polar surface area (TPSA) is 114 Å². The van der Waals surface area contributed by atoms with E-state index in [4.69, 9.17) is 9.84 Å². The van der Waals surface area contributed by atoms with Crippen LogP contribution in [0.1, 0.15) is 89.0 Å². The number of piperidine rings is 1. The van der Waals surface area contributed by atoms with Crippen molar-refractivity contribution < 1.29 is 28.6 Å². The molecule has 3 aromatic carbocycles. The zero-order valence-corrected chi connectivity index (χ0v) is 26.1. The number of hydrogen-bond donors (Lipinski definition) is 2. The third kappa shape index (κ3) is 6.66. The van der Waals surface area contributed by atoms with E-state index in [0.717, 1.165) is 18.4 Å². The number of amides is 2. The maximum Gasteiger partial charge on any atom is 0.335 e. The standard InChI is InChI=1S/C36H37FN4O5/c1-36(2,3)41-32(23-6-10-25(37)11-7-23)31(21-38-41)33(42)39-26-12-15-29(22-4-5-22)30(20-26)34(43)40-18-16-28(17-19-40)46-27-13-8-24(9-14-27)35(44)45/h6-15,20-22,28H,4-5,16-19H2,1-3H3,(H,39,42)(H,44,45). The number of likely N-dealkylation sites (tertiary alicyclic amines) is 1. The Morgan fingerprint density at radius 3 is 2.20 bits per heavy atom. The molecule has 0 spiro atoms. The first-order chi connectivity index (χ1) is 22.0. The molecule has 2 N–H and O–H groups in total. The van der Waals surface area contributed by atoms with Gasteiger partial charge < -0.3 is 20.1 Å². The van der Waals surface area contributed by atoms with Crippen LogP contribution >= 0.6 is 0 Å². The number of halogens is 1. The summed E-state index contributed by atoms with van der Waals surface area (Å²) in [6.07, 6.45) is 4.77. The highest BCUT2D eigenvalue weighted by atomic mass is 19.1. The fraction of sp³-hybridized carbons (Fsp3) is 0.333. The van der Waals surface area contributed by atoms with E-state index in [1.165, 1.54) is 30.5 Å². The lowest BCUT2D eigenvalue weighted by Crippen LogP contribution is -2.42. The van der Waals surface area contributed by atoms with Crippen molar-refractivity contribution in [2.45, 2.75) is 64.0 Å². The largest absolute Gasteiger partial charge is 0.490 e. The number of carbonyl (C=O) groups is 3. The van der Waals surface area contributed by atoms with Gasteiger partial charge in [0.15, 0.2) is 0 Å². The normalized spacial score (nSPS) is 15.4. The average Bonchev–Trinajstić information content (AvgIpc) is 3.77. The summed E-state index contributed by atoms with van der Waals surface area (Å²) in [7, 11) is 0. The van der Waals surface area contributed by atoms with Gasteiger partial charge in [0.25, 0.3) is 11.8 Å². The third-order valence-corrected chi connectivity index (χ3v) is 8.46. The second-order valence-electron chi connectivity index (χ2n) is 13.0. The van der Waals surface area contributed by atoms with Gasteiger partial charge in [0.1, 0.15) is 17.7 Å². The Kier molecular flexibility index (Phi) is 8.37. The van der Waals surface area contributed by atoms with E-state index in [-0.39, 0.29) is 29.3 Å². The van der Waals surface area contributed by atoms with Crippen LogP contribution in [0.15, 0.2) is 72.9 Å². The maximum absolute atomic E-state index is 13.9. The summed E-state index contributed by atoms with van der Waals surface area (Å²) in [5, 5.41) is 16.6. The summed E-state index contributed by atoms with van der Waals surface area (Å²) in [5.41, 5.74) is 3.46. The van der Waals surface area contributed by atoms with Crippen LogP contribution in [0.5, 0.6) is 5.75 Å². The molecule has 1 saturated carbocycles. The Morgan fingerprint density at radius 1 is 0.913 bits per heavy atom. The molecule has 2 amide bonds. The predicted octanol–water partition coefficient (Wildman–Crippen LogP) is 6.96. The van der Waals surface area contributed by atoms with E-state index < -0.39 is 11.5 Å². The Hall–Kier alpha value is -4.99. The van der Waals surface area contributed by atoms with E-state index in [1.54, 1.807) is 35.0 Å². The van der Waals surface area contributed by atoms with Gasteiger partial charge in [-0.25, -0.2) is 9.18 Å². The number of aromatic carboxylic acids is 1. The Morgan fingerprint density at radius 2 is 1.59 bits per heavy atom. The number of anilines is 1. The number of ether oxygens (including phenoxy) is 1. The van der Waals surface area contributed by atoms with Crippen molar-refractivity contribution in [1.82, 2.24) is 14.7 Å². The van der Waals surface area contributed by atoms with Crippen LogP contribution in [-0.2, 0) is 5.54 Å². The van der Waals surface area contributed by atoms with Crippen molar-refractivity contribution in [2.24, 2.45) is 0 Å². The summed E-state index contributed by atoms with van der Waals surface area (Å²) < 4.78 is 21.6. The van der Waals surface area contributed by atoms with Crippen molar-refractivity contribution in [3.8, 4) is 17.0 Å². The van der Waals surface area contributed by atoms with E-state index in [2.05, 4.69) is 10.4 Å². The van der Waals surface area contributed by atoms with Gasteiger partial charge in [0.05, 0.1) is 28.6 Å². The van der Waals surface area contributed by atoms with E-state index >= 15 is 0 Å². The number of carboxylic acid groups (broad SMARTS) is 1. The van der Waals surface area contributed by atoms with Gasteiger partial charge in [-0.2, -0.15) is 5.10 Å². The molecule has 0 atom stereocenters. The summed E-state index contributed by atoms with van der Waals surface area (Å²) in [5.74, 6) is -0.873. The molecule has 1 saturated heterocycles. The predicted molar refractivity (Wildman–Crippen MR) is 172 cm³/mol. The third-order valence-electron chi connectivity index (χ3n) is 8.46. The lowest BCUT2D eigenvalue weighted by Gasteiger charge is -2.32. The first-order valence-electron chi connectivity index (χ1n) is 15.6. The Labute approximate surface area is 267 Å².